The number of ketones is 1. The number of anilines is 1. The van der Waals surface area contributed by atoms with Gasteiger partial charge in [-0.15, -0.1) is 0 Å². The summed E-state index contributed by atoms with van der Waals surface area (Å²) in [5.41, 5.74) is 2.81. The van der Waals surface area contributed by atoms with Crippen molar-refractivity contribution in [3.8, 4) is 11.5 Å². The number of aliphatic hydroxyl groups is 1. The van der Waals surface area contributed by atoms with Crippen molar-refractivity contribution in [2.24, 2.45) is 0 Å². The lowest BCUT2D eigenvalue weighted by Crippen LogP contribution is -2.76. The lowest BCUT2D eigenvalue weighted by Gasteiger charge is -2.61. The first kappa shape index (κ1) is 31.9. The molecule has 8 rings (SSSR count). The van der Waals surface area contributed by atoms with Gasteiger partial charge in [0, 0.05) is 55.8 Å². The molecule has 5 aliphatic rings. The summed E-state index contributed by atoms with van der Waals surface area (Å²) in [6.07, 6.45) is 5.37. The van der Waals surface area contributed by atoms with Crippen LogP contribution in [0.25, 0.3) is 0 Å². The number of hydrogen-bond acceptors (Lipinski definition) is 7. The molecule has 3 aromatic carbocycles. The molecule has 4 atom stereocenters. The van der Waals surface area contributed by atoms with E-state index in [1.165, 1.54) is 5.56 Å². The number of phenolic OH excluding ortho intramolecular Hbond substituents is 1. The summed E-state index contributed by atoms with van der Waals surface area (Å²) in [5.74, 6) is 0.791. The van der Waals surface area contributed by atoms with E-state index in [1.807, 2.05) is 43.1 Å². The van der Waals surface area contributed by atoms with Gasteiger partial charge in [-0.2, -0.15) is 0 Å². The molecule has 3 heterocycles. The minimum absolute atomic E-state index is 0.00319. The molecule has 3 aromatic rings. The predicted octanol–water partition coefficient (Wildman–Crippen LogP) is 4.88. The molecule has 2 bridgehead atoms. The number of carbonyl (C=O) groups is 2. The van der Waals surface area contributed by atoms with Crippen molar-refractivity contribution in [3.63, 3.8) is 0 Å². The van der Waals surface area contributed by atoms with E-state index in [1.54, 1.807) is 6.07 Å². The molecule has 0 aromatic heterocycles. The largest absolute Gasteiger partial charge is 0.504 e. The van der Waals surface area contributed by atoms with Crippen LogP contribution >= 0.6 is 0 Å². The van der Waals surface area contributed by atoms with E-state index < -0.39 is 17.1 Å². The van der Waals surface area contributed by atoms with Crippen molar-refractivity contribution in [2.75, 3.05) is 38.1 Å². The van der Waals surface area contributed by atoms with Crippen LogP contribution in [-0.4, -0.2) is 88.7 Å². The standard InChI is InChI=1S/C22H28N2O.C17H19NO4/c1-2-22(25)24(20-11-7-4-8-12-20)21-14-17-23(18-15-21)16-13-19-9-5-3-6-10-19;1-18-7-6-16-13-9-2-3-10(19)14(13)22-15(16)11(20)4-5-17(16,21)12(18)8-9/h3-12,21H,2,13-18H2,1H3;2-3,12,15,19,21H,4-8H2,1H3/t;12-,15+,16+,17-/m.1/s1. The SMILES string of the molecule is CCC(=O)N(c1ccccc1)C1CCN(CCc2ccccc2)CC1.CN1CC[C@]23c4c5ccc(O)c4O[C@H]2C(=O)CC[C@@]3(O)[C@H]1C5. The number of hydrogen-bond donors (Lipinski definition) is 2. The first-order chi connectivity index (χ1) is 22.8. The first-order valence-corrected chi connectivity index (χ1v) is 17.4. The summed E-state index contributed by atoms with van der Waals surface area (Å²) in [7, 11) is 2.04. The Bertz CT molecular complexity index is 1610. The van der Waals surface area contributed by atoms with Crippen LogP contribution in [0.15, 0.2) is 72.8 Å². The van der Waals surface area contributed by atoms with Crippen LogP contribution in [0, 0.1) is 0 Å². The second-order valence-electron chi connectivity index (χ2n) is 14.0. The first-order valence-electron chi connectivity index (χ1n) is 17.4. The highest BCUT2D eigenvalue weighted by atomic mass is 16.5. The molecule has 1 saturated carbocycles. The zero-order valence-electron chi connectivity index (χ0n) is 27.6. The quantitative estimate of drug-likeness (QED) is 0.398. The van der Waals surface area contributed by atoms with Gasteiger partial charge < -0.3 is 29.6 Å². The van der Waals surface area contributed by atoms with E-state index in [-0.39, 0.29) is 23.5 Å². The molecule has 3 fully saturated rings. The van der Waals surface area contributed by atoms with Gasteiger partial charge in [0.1, 0.15) is 0 Å². The average Bonchev–Trinajstić information content (AvgIpc) is 3.47. The third-order valence-electron chi connectivity index (χ3n) is 11.6. The Morgan fingerprint density at radius 2 is 1.68 bits per heavy atom. The number of carbonyl (C=O) groups excluding carboxylic acids is 2. The van der Waals surface area contributed by atoms with E-state index in [9.17, 15) is 19.8 Å². The second-order valence-corrected chi connectivity index (χ2v) is 14.0. The fraction of sp³-hybridized carbons (Fsp3) is 0.487. The van der Waals surface area contributed by atoms with Gasteiger partial charge in [-0.1, -0.05) is 61.5 Å². The number of benzene rings is 3. The van der Waals surface area contributed by atoms with Crippen LogP contribution in [0.3, 0.4) is 0 Å². The van der Waals surface area contributed by atoms with Crippen LogP contribution in [0.1, 0.15) is 62.1 Å². The topological polar surface area (TPSA) is 93.6 Å². The van der Waals surface area contributed by atoms with Crippen molar-refractivity contribution < 1.29 is 24.5 Å². The molecule has 3 aliphatic heterocycles. The van der Waals surface area contributed by atoms with Gasteiger partial charge in [0.25, 0.3) is 0 Å². The van der Waals surface area contributed by atoms with Gasteiger partial charge in [-0.25, -0.2) is 0 Å². The van der Waals surface area contributed by atoms with Crippen LogP contribution in [-0.2, 0) is 27.8 Å². The molecule has 1 amide bonds. The number of nitrogens with zero attached hydrogens (tertiary/aromatic N) is 3. The van der Waals surface area contributed by atoms with Gasteiger partial charge in [0.05, 0.1) is 11.0 Å². The zero-order chi connectivity index (χ0) is 32.8. The van der Waals surface area contributed by atoms with E-state index in [4.69, 9.17) is 4.74 Å². The molecule has 8 heteroatoms. The molecular weight excluding hydrogens is 590 g/mol. The third-order valence-corrected chi connectivity index (χ3v) is 11.6. The Hall–Kier alpha value is -3.72. The second kappa shape index (κ2) is 12.7. The zero-order valence-corrected chi connectivity index (χ0v) is 27.6. The number of phenols is 1. The molecular formula is C39H47N3O5. The lowest BCUT2D eigenvalue weighted by atomic mass is 9.49. The Labute approximate surface area is 277 Å². The average molecular weight is 638 g/mol. The summed E-state index contributed by atoms with van der Waals surface area (Å²) < 4.78 is 5.94. The van der Waals surface area contributed by atoms with Crippen LogP contribution < -0.4 is 9.64 Å². The fourth-order valence-electron chi connectivity index (χ4n) is 9.19. The number of aromatic hydroxyl groups is 1. The van der Waals surface area contributed by atoms with Crippen LogP contribution in [0.5, 0.6) is 11.5 Å². The number of piperidine rings is 2. The smallest absolute Gasteiger partial charge is 0.226 e. The summed E-state index contributed by atoms with van der Waals surface area (Å²) in [4.78, 5) is 31.8. The Balaban J connectivity index is 0.000000150. The van der Waals surface area contributed by atoms with Crippen molar-refractivity contribution in [3.05, 3.63) is 89.5 Å². The molecule has 8 nitrogen and oxygen atoms in total. The molecule has 47 heavy (non-hydrogen) atoms. The maximum Gasteiger partial charge on any atom is 0.226 e. The highest BCUT2D eigenvalue weighted by Crippen LogP contribution is 2.64. The number of para-hydroxylation sites is 1. The van der Waals surface area contributed by atoms with Gasteiger partial charge in [-0.05, 0) is 81.4 Å². The monoisotopic (exact) mass is 637 g/mol. The molecule has 1 spiro atoms. The number of likely N-dealkylation sites (N-methyl/N-ethyl adjacent to an activating group) is 1. The van der Waals surface area contributed by atoms with Crippen LogP contribution in [0.4, 0.5) is 5.69 Å². The maximum atomic E-state index is 12.5. The van der Waals surface area contributed by atoms with Crippen molar-refractivity contribution in [1.82, 2.24) is 9.80 Å². The number of likely N-dealkylation sites (tertiary alicyclic amines) is 2. The molecule has 0 radical (unpaired) electrons. The van der Waals surface area contributed by atoms with Gasteiger partial charge in [0.15, 0.2) is 23.4 Å². The number of amides is 1. The summed E-state index contributed by atoms with van der Waals surface area (Å²) in [6.45, 7) is 6.02. The van der Waals surface area contributed by atoms with E-state index in [0.717, 1.165) is 68.7 Å². The number of ether oxygens (including phenoxy) is 1. The molecule has 2 saturated heterocycles. The summed E-state index contributed by atoms with van der Waals surface area (Å²) in [6, 6.07) is 24.7. The van der Waals surface area contributed by atoms with Gasteiger partial charge >= 0.3 is 0 Å². The highest BCUT2D eigenvalue weighted by Gasteiger charge is 2.72. The van der Waals surface area contributed by atoms with E-state index in [2.05, 4.69) is 52.3 Å². The van der Waals surface area contributed by atoms with E-state index >= 15 is 0 Å². The van der Waals surface area contributed by atoms with E-state index in [0.29, 0.717) is 37.5 Å². The predicted molar refractivity (Wildman–Crippen MR) is 182 cm³/mol. The maximum absolute atomic E-state index is 12.5. The Morgan fingerprint density at radius 1 is 0.979 bits per heavy atom. The number of rotatable bonds is 6. The Morgan fingerprint density at radius 3 is 2.38 bits per heavy atom. The molecule has 248 valence electrons. The van der Waals surface area contributed by atoms with Crippen LogP contribution in [0.2, 0.25) is 0 Å². The molecule has 2 aliphatic carbocycles. The van der Waals surface area contributed by atoms with Crippen molar-refractivity contribution in [2.45, 2.75) is 87.5 Å². The normalized spacial score (nSPS) is 28.1. The number of Topliss-reactive ketones (excluding diaryl/α,β-unsaturated/α-hetero) is 1. The fourth-order valence-corrected chi connectivity index (χ4v) is 9.19. The minimum atomic E-state index is -0.954. The summed E-state index contributed by atoms with van der Waals surface area (Å²) in [5, 5.41) is 21.8. The van der Waals surface area contributed by atoms with Crippen molar-refractivity contribution in [1.29, 1.82) is 0 Å². The summed E-state index contributed by atoms with van der Waals surface area (Å²) >= 11 is 0. The highest BCUT2D eigenvalue weighted by molar-refractivity contribution is 5.93. The third kappa shape index (κ3) is 5.35. The van der Waals surface area contributed by atoms with Gasteiger partial charge in [-0.3, -0.25) is 9.59 Å². The lowest BCUT2D eigenvalue weighted by molar-refractivity contribution is -0.185. The minimum Gasteiger partial charge on any atom is -0.504 e. The van der Waals surface area contributed by atoms with Crippen molar-refractivity contribution >= 4 is 17.4 Å². The Kier molecular flexibility index (Phi) is 8.62. The van der Waals surface area contributed by atoms with Gasteiger partial charge in [0.2, 0.25) is 5.91 Å². The molecule has 2 N–H and O–H groups in total. The molecule has 0 unspecified atom stereocenters.